The maximum Gasteiger partial charge on any atom is 0.309 e. The first-order chi connectivity index (χ1) is 20.2. The van der Waals surface area contributed by atoms with Crippen molar-refractivity contribution in [3.05, 3.63) is 23.8 Å². The van der Waals surface area contributed by atoms with E-state index in [-0.39, 0.29) is 49.2 Å². The number of ether oxygens (including phenoxy) is 4. The fourth-order valence-corrected chi connectivity index (χ4v) is 6.28. The third kappa shape index (κ3) is 11.1. The fourth-order valence-electron chi connectivity index (χ4n) is 6.28. The van der Waals surface area contributed by atoms with Crippen LogP contribution in [0.1, 0.15) is 80.6 Å². The van der Waals surface area contributed by atoms with Crippen molar-refractivity contribution in [2.75, 3.05) is 20.7 Å². The van der Waals surface area contributed by atoms with E-state index in [4.69, 9.17) is 18.9 Å². The van der Waals surface area contributed by atoms with Crippen LogP contribution in [0.2, 0.25) is 0 Å². The minimum absolute atomic E-state index is 0.0629. The number of carbonyl (C=O) groups excluding carboxylic acids is 3. The molecule has 43 heavy (non-hydrogen) atoms. The highest BCUT2D eigenvalue weighted by atomic mass is 16.7. The van der Waals surface area contributed by atoms with Crippen LogP contribution in [0.5, 0.6) is 0 Å². The van der Waals surface area contributed by atoms with Crippen molar-refractivity contribution < 1.29 is 43.5 Å². The zero-order valence-electron chi connectivity index (χ0n) is 27.5. The molecule has 0 aliphatic carbocycles. The van der Waals surface area contributed by atoms with Gasteiger partial charge in [0.15, 0.2) is 12.1 Å². The molecule has 1 fully saturated rings. The molecule has 1 saturated heterocycles. The van der Waals surface area contributed by atoms with Gasteiger partial charge >= 0.3 is 11.9 Å². The zero-order valence-corrected chi connectivity index (χ0v) is 27.5. The largest absolute Gasteiger partial charge is 0.462 e. The predicted octanol–water partition coefficient (Wildman–Crippen LogP) is 3.82. The smallest absolute Gasteiger partial charge is 0.309 e. The van der Waals surface area contributed by atoms with E-state index >= 15 is 0 Å². The average Bonchev–Trinajstić information content (AvgIpc) is 2.92. The van der Waals surface area contributed by atoms with Crippen molar-refractivity contribution >= 4 is 17.7 Å². The number of esters is 2. The Hall–Kier alpha value is -2.11. The Kier molecular flexibility index (Phi) is 15.0. The molecular weight excluding hydrogens is 554 g/mol. The number of aliphatic hydroxyl groups excluding tert-OH is 2. The first-order valence-electron chi connectivity index (χ1n) is 15.7. The van der Waals surface area contributed by atoms with Gasteiger partial charge in [-0.1, -0.05) is 45.4 Å². The predicted molar refractivity (Wildman–Crippen MR) is 163 cm³/mol. The van der Waals surface area contributed by atoms with Gasteiger partial charge in [-0.25, -0.2) is 0 Å². The van der Waals surface area contributed by atoms with Crippen LogP contribution in [0.25, 0.3) is 0 Å². The summed E-state index contributed by atoms with van der Waals surface area (Å²) in [6.45, 7) is 12.5. The Balaban J connectivity index is 2.60. The molecule has 0 amide bonds. The summed E-state index contributed by atoms with van der Waals surface area (Å²) in [5, 5.41) is 21.4. The zero-order chi connectivity index (χ0) is 32.4. The second kappa shape index (κ2) is 17.4. The highest BCUT2D eigenvalue weighted by molar-refractivity contribution is 5.91. The van der Waals surface area contributed by atoms with Gasteiger partial charge in [0.25, 0.3) is 0 Å². The molecule has 10 nitrogen and oxygen atoms in total. The Bertz CT molecular complexity index is 979. The van der Waals surface area contributed by atoms with Crippen LogP contribution in [0.4, 0.5) is 0 Å². The Morgan fingerprint density at radius 1 is 1.12 bits per heavy atom. The second-order valence-corrected chi connectivity index (χ2v) is 12.7. The third-order valence-electron chi connectivity index (χ3n) is 8.77. The Labute approximate surface area is 257 Å². The lowest BCUT2D eigenvalue weighted by molar-refractivity contribution is -0.283. The van der Waals surface area contributed by atoms with Gasteiger partial charge in [-0.2, -0.15) is 0 Å². The molecule has 10 heteroatoms. The van der Waals surface area contributed by atoms with Gasteiger partial charge in [0, 0.05) is 37.3 Å². The number of hydrogen-bond acceptors (Lipinski definition) is 10. The Morgan fingerprint density at radius 2 is 1.79 bits per heavy atom. The lowest BCUT2D eigenvalue weighted by atomic mass is 9.79. The van der Waals surface area contributed by atoms with Crippen molar-refractivity contribution in [1.82, 2.24) is 4.90 Å². The lowest BCUT2D eigenvalue weighted by Gasteiger charge is -2.44. The van der Waals surface area contributed by atoms with E-state index in [0.717, 1.165) is 5.57 Å². The van der Waals surface area contributed by atoms with Crippen LogP contribution in [0.3, 0.4) is 0 Å². The molecule has 0 aromatic heterocycles. The quantitative estimate of drug-likeness (QED) is 0.411. The van der Waals surface area contributed by atoms with Gasteiger partial charge < -0.3 is 34.1 Å². The third-order valence-corrected chi connectivity index (χ3v) is 8.77. The Morgan fingerprint density at radius 3 is 2.37 bits per heavy atom. The van der Waals surface area contributed by atoms with Gasteiger partial charge in [-0.3, -0.25) is 14.4 Å². The molecule has 11 atom stereocenters. The van der Waals surface area contributed by atoms with Crippen LogP contribution in [0.15, 0.2) is 23.8 Å². The van der Waals surface area contributed by atoms with Crippen LogP contribution >= 0.6 is 0 Å². The SMILES string of the molecule is CCC1OC(=O)CC(OC(C)=O)C(C)C(OC2OC(C)CC(N(C)C)C2O)C(CCO)CC(C)C(=O)C=CC(C)=CC1C. The van der Waals surface area contributed by atoms with Crippen LogP contribution in [-0.4, -0.2) is 96.4 Å². The van der Waals surface area contributed by atoms with E-state index in [1.54, 1.807) is 12.2 Å². The maximum atomic E-state index is 13.3. The van der Waals surface area contributed by atoms with E-state index < -0.39 is 54.5 Å². The van der Waals surface area contributed by atoms with Gasteiger partial charge in [-0.15, -0.1) is 0 Å². The first-order valence-corrected chi connectivity index (χ1v) is 15.7. The average molecular weight is 610 g/mol. The normalized spacial score (nSPS) is 37.1. The summed E-state index contributed by atoms with van der Waals surface area (Å²) in [6.07, 6.45) is 2.71. The molecule has 2 N–H and O–H groups in total. The standard InChI is InChI=1S/C33H55NO9/c1-10-28-21(4)15-19(2)11-12-27(37)20(3)16-25(13-14-35)32(23(6)29(41-24(7)36)18-30(38)42-28)43-33-31(39)26(34(8)9)17-22(5)40-33/h11-12,15,20-23,25-26,28-29,31-33,35,39H,10,13-14,16-18H2,1-9H3. The molecule has 246 valence electrons. The van der Waals surface area contributed by atoms with E-state index in [0.29, 0.717) is 19.3 Å². The molecule has 11 unspecified atom stereocenters. The summed E-state index contributed by atoms with van der Waals surface area (Å²) < 4.78 is 24.3. The van der Waals surface area contributed by atoms with Crippen LogP contribution < -0.4 is 0 Å². The van der Waals surface area contributed by atoms with Gasteiger partial charge in [0.2, 0.25) is 0 Å². The summed E-state index contributed by atoms with van der Waals surface area (Å²) in [5.74, 6) is -2.60. The number of aliphatic hydroxyl groups is 2. The number of nitrogens with zero attached hydrogens (tertiary/aromatic N) is 1. The molecule has 2 rings (SSSR count). The van der Waals surface area contributed by atoms with Crippen molar-refractivity contribution in [3.8, 4) is 0 Å². The number of likely N-dealkylation sites (N-methyl/N-ethyl adjacent to an activating group) is 1. The summed E-state index contributed by atoms with van der Waals surface area (Å²) in [5.41, 5.74) is 0.877. The van der Waals surface area contributed by atoms with E-state index in [2.05, 4.69) is 0 Å². The molecule has 2 aliphatic heterocycles. The summed E-state index contributed by atoms with van der Waals surface area (Å²) in [4.78, 5) is 40.7. The molecular formula is C33H55NO9. The number of hydrogen-bond donors (Lipinski definition) is 2. The second-order valence-electron chi connectivity index (χ2n) is 12.7. The molecule has 0 spiro atoms. The molecule has 0 bridgehead atoms. The summed E-state index contributed by atoms with van der Waals surface area (Å²) >= 11 is 0. The van der Waals surface area contributed by atoms with Crippen molar-refractivity contribution in [3.63, 3.8) is 0 Å². The minimum atomic E-state index is -1.01. The molecule has 0 aromatic rings. The molecule has 0 saturated carbocycles. The number of cyclic esters (lactones) is 1. The first kappa shape index (κ1) is 37.1. The van der Waals surface area contributed by atoms with Gasteiger partial charge in [-0.05, 0) is 65.6 Å². The van der Waals surface area contributed by atoms with E-state index in [1.807, 2.05) is 66.6 Å². The van der Waals surface area contributed by atoms with Crippen molar-refractivity contribution in [2.24, 2.45) is 23.7 Å². The van der Waals surface area contributed by atoms with Crippen LogP contribution in [0, 0.1) is 23.7 Å². The molecule has 2 aliphatic rings. The highest BCUT2D eigenvalue weighted by Crippen LogP contribution is 2.35. The van der Waals surface area contributed by atoms with Crippen molar-refractivity contribution in [1.29, 1.82) is 0 Å². The van der Waals surface area contributed by atoms with Gasteiger partial charge in [0.05, 0.1) is 18.6 Å². The fraction of sp³-hybridized carbons (Fsp3) is 0.788. The maximum absolute atomic E-state index is 13.3. The molecule has 0 radical (unpaired) electrons. The number of carbonyl (C=O) groups is 3. The van der Waals surface area contributed by atoms with Crippen LogP contribution in [-0.2, 0) is 33.3 Å². The summed E-state index contributed by atoms with van der Waals surface area (Å²) in [6, 6.07) is -0.222. The van der Waals surface area contributed by atoms with E-state index in [1.165, 1.54) is 6.92 Å². The number of rotatable bonds is 7. The van der Waals surface area contributed by atoms with Gasteiger partial charge in [0.1, 0.15) is 18.3 Å². The summed E-state index contributed by atoms with van der Waals surface area (Å²) in [7, 11) is 3.77. The molecule has 2 heterocycles. The topological polar surface area (TPSA) is 132 Å². The molecule has 0 aromatic carbocycles. The number of ketones is 1. The monoisotopic (exact) mass is 609 g/mol. The number of allylic oxidation sites excluding steroid dienone is 3. The lowest BCUT2D eigenvalue weighted by Crippen LogP contribution is -2.56. The van der Waals surface area contributed by atoms with Crippen molar-refractivity contribution in [2.45, 2.75) is 123 Å². The minimum Gasteiger partial charge on any atom is -0.462 e. The van der Waals surface area contributed by atoms with E-state index in [9.17, 15) is 24.6 Å². The highest BCUT2D eigenvalue weighted by Gasteiger charge is 2.44.